The lowest BCUT2D eigenvalue weighted by Crippen LogP contribution is -1.94. The van der Waals surface area contributed by atoms with E-state index in [9.17, 15) is 0 Å². The minimum Gasteiger partial charge on any atom is -0.496 e. The van der Waals surface area contributed by atoms with Gasteiger partial charge in [0.05, 0.1) is 13.7 Å². The molecule has 2 N–H and O–H groups in total. The van der Waals surface area contributed by atoms with Gasteiger partial charge < -0.3 is 10.5 Å². The van der Waals surface area contributed by atoms with Crippen molar-refractivity contribution in [2.24, 2.45) is 5.73 Å². The van der Waals surface area contributed by atoms with Gasteiger partial charge in [0.15, 0.2) is 0 Å². The summed E-state index contributed by atoms with van der Waals surface area (Å²) in [6.07, 6.45) is 3.59. The highest BCUT2D eigenvalue weighted by atomic mass is 32.2. The lowest BCUT2D eigenvalue weighted by Gasteiger charge is -2.08. The molecule has 0 fully saturated rings. The Morgan fingerprint density at radius 3 is 2.75 bits per heavy atom. The Kier molecular flexibility index (Phi) is 5.48. The second-order valence-electron chi connectivity index (χ2n) is 4.00. The van der Waals surface area contributed by atoms with Crippen LogP contribution in [0.1, 0.15) is 11.1 Å². The predicted molar refractivity (Wildman–Crippen MR) is 82.7 cm³/mol. The van der Waals surface area contributed by atoms with Crippen LogP contribution in [0.15, 0.2) is 47.6 Å². The van der Waals surface area contributed by atoms with Crippen LogP contribution in [0, 0.1) is 11.8 Å². The van der Waals surface area contributed by atoms with Gasteiger partial charge in [-0.1, -0.05) is 11.8 Å². The smallest absolute Gasteiger partial charge is 0.122 e. The number of methoxy groups -OCH3 is 1. The lowest BCUT2D eigenvalue weighted by atomic mass is 10.1. The highest BCUT2D eigenvalue weighted by molar-refractivity contribution is 7.98. The van der Waals surface area contributed by atoms with Crippen LogP contribution < -0.4 is 10.5 Å². The summed E-state index contributed by atoms with van der Waals surface area (Å²) >= 11 is 1.74. The van der Waals surface area contributed by atoms with E-state index < -0.39 is 0 Å². The second-order valence-corrected chi connectivity index (χ2v) is 5.05. The lowest BCUT2D eigenvalue weighted by molar-refractivity contribution is 0.411. The van der Waals surface area contributed by atoms with E-state index >= 15 is 0 Å². The average molecular weight is 284 g/mol. The monoisotopic (exact) mass is 284 g/mol. The van der Waals surface area contributed by atoms with Gasteiger partial charge >= 0.3 is 0 Å². The third kappa shape index (κ3) is 4.02. The molecule has 0 spiro atoms. The number of aromatic nitrogens is 1. The van der Waals surface area contributed by atoms with Crippen LogP contribution in [0.2, 0.25) is 0 Å². The van der Waals surface area contributed by atoms with Crippen molar-refractivity contribution in [2.45, 2.75) is 10.6 Å². The van der Waals surface area contributed by atoms with Crippen LogP contribution in [-0.4, -0.2) is 18.6 Å². The number of pyridine rings is 1. The Labute approximate surface area is 123 Å². The number of hydrogen-bond donors (Lipinski definition) is 1. The minimum absolute atomic E-state index is 0.368. The molecule has 2 aromatic rings. The summed E-state index contributed by atoms with van der Waals surface area (Å²) in [7, 11) is 1.68. The molecule has 0 aliphatic carbocycles. The van der Waals surface area contributed by atoms with Gasteiger partial charge in [0, 0.05) is 34.2 Å². The van der Waals surface area contributed by atoms with Crippen molar-refractivity contribution in [3.8, 4) is 17.6 Å². The van der Waals surface area contributed by atoms with Gasteiger partial charge in [-0.2, -0.15) is 0 Å². The zero-order chi connectivity index (χ0) is 14.2. The standard InChI is InChI=1S/C16H16N2OS/c1-19-16-5-4-13(3-2-8-17)11-14(16)12-20-15-6-9-18-10-7-15/h4-7,9-11H,8,12,17H2,1H3. The van der Waals surface area contributed by atoms with Crippen molar-refractivity contribution in [1.82, 2.24) is 4.98 Å². The van der Waals surface area contributed by atoms with Crippen molar-refractivity contribution < 1.29 is 4.74 Å². The van der Waals surface area contributed by atoms with E-state index in [-0.39, 0.29) is 0 Å². The molecule has 1 aromatic heterocycles. The molecule has 3 nitrogen and oxygen atoms in total. The summed E-state index contributed by atoms with van der Waals surface area (Å²) in [6.45, 7) is 0.368. The first kappa shape index (κ1) is 14.4. The summed E-state index contributed by atoms with van der Waals surface area (Å²) < 4.78 is 5.39. The average Bonchev–Trinajstić information content (AvgIpc) is 2.52. The number of benzene rings is 1. The molecule has 2 rings (SSSR count). The number of nitrogens with zero attached hydrogens (tertiary/aromatic N) is 1. The van der Waals surface area contributed by atoms with Gasteiger partial charge in [0.25, 0.3) is 0 Å². The molecule has 0 amide bonds. The molecule has 0 saturated heterocycles. The normalized spacial score (nSPS) is 9.70. The molecule has 20 heavy (non-hydrogen) atoms. The molecule has 0 saturated carbocycles. The van der Waals surface area contributed by atoms with Crippen molar-refractivity contribution >= 4 is 11.8 Å². The molecular weight excluding hydrogens is 268 g/mol. The number of thioether (sulfide) groups is 1. The molecule has 0 aliphatic heterocycles. The highest BCUT2D eigenvalue weighted by Crippen LogP contribution is 2.28. The van der Waals surface area contributed by atoms with Gasteiger partial charge in [0.2, 0.25) is 0 Å². The van der Waals surface area contributed by atoms with Gasteiger partial charge in [-0.05, 0) is 30.3 Å². The Balaban J connectivity index is 2.16. The van der Waals surface area contributed by atoms with Gasteiger partial charge in [-0.15, -0.1) is 11.8 Å². The summed E-state index contributed by atoms with van der Waals surface area (Å²) in [6, 6.07) is 9.94. The van der Waals surface area contributed by atoms with E-state index in [0.717, 1.165) is 22.6 Å². The zero-order valence-electron chi connectivity index (χ0n) is 11.3. The number of rotatable bonds is 4. The molecule has 1 heterocycles. The predicted octanol–water partition coefficient (Wildman–Crippen LogP) is 2.69. The highest BCUT2D eigenvalue weighted by Gasteiger charge is 2.04. The van der Waals surface area contributed by atoms with E-state index in [1.807, 2.05) is 24.3 Å². The SMILES string of the molecule is COc1ccc(C#CCN)cc1CSc1ccncc1. The molecule has 0 aliphatic rings. The molecule has 0 unspecified atom stereocenters. The minimum atomic E-state index is 0.368. The fourth-order valence-corrected chi connectivity index (χ4v) is 2.58. The van der Waals surface area contributed by atoms with Gasteiger partial charge in [-0.3, -0.25) is 4.98 Å². The summed E-state index contributed by atoms with van der Waals surface area (Å²) in [5, 5.41) is 0. The fourth-order valence-electron chi connectivity index (χ4n) is 1.72. The van der Waals surface area contributed by atoms with Crippen LogP contribution in [0.3, 0.4) is 0 Å². The van der Waals surface area contributed by atoms with Crippen LogP contribution in [0.25, 0.3) is 0 Å². The zero-order valence-corrected chi connectivity index (χ0v) is 12.1. The van der Waals surface area contributed by atoms with Gasteiger partial charge in [-0.25, -0.2) is 0 Å². The van der Waals surface area contributed by atoms with Crippen LogP contribution in [0.4, 0.5) is 0 Å². The first-order valence-corrected chi connectivity index (χ1v) is 7.20. The third-order valence-electron chi connectivity index (χ3n) is 2.66. The van der Waals surface area contributed by atoms with E-state index in [0.29, 0.717) is 6.54 Å². The number of hydrogen-bond acceptors (Lipinski definition) is 4. The molecule has 1 aromatic carbocycles. The second kappa shape index (κ2) is 7.59. The molecular formula is C16H16N2OS. The van der Waals surface area contributed by atoms with Crippen LogP contribution >= 0.6 is 11.8 Å². The van der Waals surface area contributed by atoms with E-state index in [1.54, 1.807) is 31.3 Å². The van der Waals surface area contributed by atoms with Crippen molar-refractivity contribution in [3.63, 3.8) is 0 Å². The first-order valence-electron chi connectivity index (χ1n) is 6.22. The number of nitrogens with two attached hydrogens (primary N) is 1. The van der Waals surface area contributed by atoms with Crippen LogP contribution in [0.5, 0.6) is 5.75 Å². The molecule has 0 bridgehead atoms. The van der Waals surface area contributed by atoms with Gasteiger partial charge in [0.1, 0.15) is 5.75 Å². The Hall–Kier alpha value is -1.96. The van der Waals surface area contributed by atoms with E-state index in [4.69, 9.17) is 10.5 Å². The van der Waals surface area contributed by atoms with E-state index in [2.05, 4.69) is 22.9 Å². The maximum Gasteiger partial charge on any atom is 0.122 e. The summed E-state index contributed by atoms with van der Waals surface area (Å²) in [5.41, 5.74) is 7.48. The quantitative estimate of drug-likeness (QED) is 0.693. The van der Waals surface area contributed by atoms with Crippen LogP contribution in [-0.2, 0) is 5.75 Å². The first-order chi connectivity index (χ1) is 9.83. The topological polar surface area (TPSA) is 48.1 Å². The Morgan fingerprint density at radius 2 is 2.05 bits per heavy atom. The summed E-state index contributed by atoms with van der Waals surface area (Å²) in [4.78, 5) is 5.19. The molecule has 4 heteroatoms. The largest absolute Gasteiger partial charge is 0.496 e. The molecule has 0 radical (unpaired) electrons. The maximum atomic E-state index is 5.40. The number of ether oxygens (including phenoxy) is 1. The third-order valence-corrected chi connectivity index (χ3v) is 3.72. The Bertz CT molecular complexity index is 617. The van der Waals surface area contributed by atoms with E-state index in [1.165, 1.54) is 4.90 Å². The van der Waals surface area contributed by atoms with Crippen molar-refractivity contribution in [1.29, 1.82) is 0 Å². The molecule has 0 atom stereocenters. The fraction of sp³-hybridized carbons (Fsp3) is 0.188. The Morgan fingerprint density at radius 1 is 1.25 bits per heavy atom. The molecule has 102 valence electrons. The van der Waals surface area contributed by atoms with Crippen molar-refractivity contribution in [3.05, 3.63) is 53.9 Å². The van der Waals surface area contributed by atoms with Crippen molar-refractivity contribution in [2.75, 3.05) is 13.7 Å². The summed E-state index contributed by atoms with van der Waals surface area (Å²) in [5.74, 6) is 7.61. The maximum absolute atomic E-state index is 5.40.